The van der Waals surface area contributed by atoms with Crippen molar-refractivity contribution in [1.82, 2.24) is 35.9 Å². The summed E-state index contributed by atoms with van der Waals surface area (Å²) in [6, 6.07) is 11.2. The number of ether oxygens (including phenoxy) is 2. The van der Waals surface area contributed by atoms with Gasteiger partial charge in [-0.1, -0.05) is 22.9 Å². The van der Waals surface area contributed by atoms with Crippen molar-refractivity contribution in [1.29, 1.82) is 5.26 Å². The molecule has 3 aromatic rings. The van der Waals surface area contributed by atoms with E-state index in [4.69, 9.17) is 26.1 Å². The monoisotopic (exact) mass is 605 g/mol. The van der Waals surface area contributed by atoms with Crippen LogP contribution in [0.5, 0.6) is 0 Å². The lowest BCUT2D eigenvalue weighted by molar-refractivity contribution is 0.0102. The Labute approximate surface area is 257 Å². The molecule has 1 saturated heterocycles. The molecule has 3 N–H and O–H groups in total. The third-order valence-corrected chi connectivity index (χ3v) is 9.46. The van der Waals surface area contributed by atoms with Gasteiger partial charge in [-0.15, -0.1) is 10.2 Å². The molecule has 0 amide bonds. The van der Waals surface area contributed by atoms with Gasteiger partial charge in [0, 0.05) is 49.3 Å². The highest BCUT2D eigenvalue weighted by molar-refractivity contribution is 6.33. The number of halogens is 1. The first kappa shape index (κ1) is 29.9. The van der Waals surface area contributed by atoms with Crippen LogP contribution < -0.4 is 10.6 Å². The Bertz CT molecular complexity index is 1390. The molecule has 43 heavy (non-hydrogen) atoms. The van der Waals surface area contributed by atoms with Crippen molar-refractivity contribution in [2.24, 2.45) is 11.3 Å². The van der Waals surface area contributed by atoms with Gasteiger partial charge in [0.15, 0.2) is 0 Å². The van der Waals surface area contributed by atoms with Gasteiger partial charge in [-0.2, -0.15) is 10.5 Å². The molecule has 4 heterocycles. The lowest BCUT2D eigenvalue weighted by Gasteiger charge is -2.31. The smallest absolute Gasteiger partial charge is 0.206 e. The summed E-state index contributed by atoms with van der Waals surface area (Å²) in [5, 5.41) is 32.0. The topological polar surface area (TPSA) is 147 Å². The molecule has 3 fully saturated rings. The van der Waals surface area contributed by atoms with Crippen LogP contribution in [-0.2, 0) is 21.5 Å². The van der Waals surface area contributed by atoms with Crippen molar-refractivity contribution in [3.63, 3.8) is 0 Å². The Kier molecular flexibility index (Phi) is 9.19. The molecule has 2 aliphatic carbocycles. The Morgan fingerprint density at radius 3 is 2.72 bits per heavy atom. The lowest BCUT2D eigenvalue weighted by Crippen LogP contribution is -2.42. The van der Waals surface area contributed by atoms with Crippen molar-refractivity contribution in [2.75, 3.05) is 31.7 Å². The molecule has 228 valence electrons. The van der Waals surface area contributed by atoms with E-state index in [1.807, 2.05) is 18.2 Å². The SMILES string of the molecule is C[C@H](COC1(c2nn[nH]n2)CC1)NC1CCC(Cc2cc(-c3cccc(NCC4(C#N)CCOCC4)n3)c(Cl)cn2)CC1. The Morgan fingerprint density at radius 2 is 2.00 bits per heavy atom. The number of H-pyrrole nitrogens is 1. The molecule has 0 unspecified atom stereocenters. The van der Waals surface area contributed by atoms with Gasteiger partial charge in [-0.3, -0.25) is 4.98 Å². The average Bonchev–Trinajstić information content (AvgIpc) is 3.62. The Balaban J connectivity index is 0.994. The third kappa shape index (κ3) is 7.32. The van der Waals surface area contributed by atoms with E-state index in [2.05, 4.69) is 55.3 Å². The number of nitrogens with zero attached hydrogens (tertiary/aromatic N) is 6. The molecule has 0 spiro atoms. The summed E-state index contributed by atoms with van der Waals surface area (Å²) in [4.78, 5) is 9.50. The van der Waals surface area contributed by atoms with Gasteiger partial charge >= 0.3 is 0 Å². The number of tetrazole rings is 1. The maximum absolute atomic E-state index is 9.78. The van der Waals surface area contributed by atoms with Crippen LogP contribution in [0.25, 0.3) is 11.3 Å². The van der Waals surface area contributed by atoms with Crippen molar-refractivity contribution in [3.8, 4) is 17.3 Å². The number of aromatic nitrogens is 6. The van der Waals surface area contributed by atoms with Crippen LogP contribution in [0.2, 0.25) is 5.02 Å². The standard InChI is InChI=1S/C31H40ClN9O2/c1-21(18-43-31(9-10-31)29-38-40-41-39-29)36-23-7-5-22(6-8-23)15-24-16-25(26(32)17-34-24)27-3-2-4-28(37-27)35-20-30(19-33)11-13-42-14-12-30/h2-4,16-17,21-23,36H,5-15,18,20H2,1H3,(H,35,37)(H,38,39,40,41)/t21-,22?,23?/m1/s1. The molecule has 12 heteroatoms. The molecule has 0 radical (unpaired) electrons. The fraction of sp³-hybridized carbons (Fsp3) is 0.613. The second kappa shape index (κ2) is 13.2. The van der Waals surface area contributed by atoms with Crippen LogP contribution in [0.4, 0.5) is 5.82 Å². The summed E-state index contributed by atoms with van der Waals surface area (Å²) in [7, 11) is 0. The molecular formula is C31H40ClN9O2. The van der Waals surface area contributed by atoms with E-state index < -0.39 is 5.41 Å². The predicted octanol–water partition coefficient (Wildman–Crippen LogP) is 4.83. The van der Waals surface area contributed by atoms with Crippen molar-refractivity contribution in [3.05, 3.63) is 47.0 Å². The molecule has 3 aliphatic rings. The van der Waals surface area contributed by atoms with E-state index in [-0.39, 0.29) is 11.6 Å². The van der Waals surface area contributed by atoms with Crippen LogP contribution in [0, 0.1) is 22.7 Å². The maximum atomic E-state index is 9.78. The zero-order valence-corrected chi connectivity index (χ0v) is 25.4. The first-order chi connectivity index (χ1) is 21.0. The quantitative estimate of drug-likeness (QED) is 0.262. The highest BCUT2D eigenvalue weighted by Gasteiger charge is 2.50. The van der Waals surface area contributed by atoms with Crippen LogP contribution in [-0.4, -0.2) is 69.0 Å². The van der Waals surface area contributed by atoms with E-state index in [1.54, 1.807) is 6.20 Å². The van der Waals surface area contributed by atoms with Gasteiger partial charge < -0.3 is 20.1 Å². The molecule has 3 aromatic heterocycles. The summed E-state index contributed by atoms with van der Waals surface area (Å²) >= 11 is 6.61. The second-order valence-corrected chi connectivity index (χ2v) is 12.9. The van der Waals surface area contributed by atoms with Crippen molar-refractivity contribution in [2.45, 2.75) is 82.4 Å². The summed E-state index contributed by atoms with van der Waals surface area (Å²) in [5.74, 6) is 1.99. The van der Waals surface area contributed by atoms with Gasteiger partial charge in [-0.25, -0.2) is 4.98 Å². The molecule has 0 aromatic carbocycles. The molecule has 0 bridgehead atoms. The van der Waals surface area contributed by atoms with Gasteiger partial charge in [-0.05, 0) is 88.8 Å². The summed E-state index contributed by atoms with van der Waals surface area (Å²) in [6.45, 7) is 4.60. The minimum atomic E-state index is -0.423. The second-order valence-electron chi connectivity index (χ2n) is 12.5. The van der Waals surface area contributed by atoms with Crippen molar-refractivity contribution < 1.29 is 9.47 Å². The van der Waals surface area contributed by atoms with Crippen LogP contribution in [0.1, 0.15) is 69.8 Å². The molecule has 11 nitrogen and oxygen atoms in total. The molecular weight excluding hydrogens is 566 g/mol. The summed E-state index contributed by atoms with van der Waals surface area (Å²) in [6.07, 6.45) is 10.6. The maximum Gasteiger partial charge on any atom is 0.206 e. The predicted molar refractivity (Wildman–Crippen MR) is 162 cm³/mol. The Morgan fingerprint density at radius 1 is 1.19 bits per heavy atom. The third-order valence-electron chi connectivity index (χ3n) is 9.16. The highest BCUT2D eigenvalue weighted by atomic mass is 35.5. The van der Waals surface area contributed by atoms with E-state index in [1.165, 1.54) is 0 Å². The number of nitrogens with one attached hydrogen (secondary N) is 3. The first-order valence-electron chi connectivity index (χ1n) is 15.4. The number of hydrogen-bond acceptors (Lipinski definition) is 10. The highest BCUT2D eigenvalue weighted by Crippen LogP contribution is 2.47. The van der Waals surface area contributed by atoms with E-state index in [0.29, 0.717) is 49.2 Å². The van der Waals surface area contributed by atoms with Crippen LogP contribution >= 0.6 is 11.6 Å². The number of rotatable bonds is 12. The number of aromatic amines is 1. The zero-order chi connectivity index (χ0) is 29.7. The largest absolute Gasteiger partial charge is 0.381 e. The Hall–Kier alpha value is -3.17. The fourth-order valence-corrected chi connectivity index (χ4v) is 6.49. The minimum Gasteiger partial charge on any atom is -0.381 e. The number of pyridine rings is 2. The van der Waals surface area contributed by atoms with E-state index in [9.17, 15) is 5.26 Å². The number of hydrogen-bond donors (Lipinski definition) is 3. The zero-order valence-electron chi connectivity index (χ0n) is 24.7. The molecule has 1 aliphatic heterocycles. The lowest BCUT2D eigenvalue weighted by atomic mass is 9.82. The molecule has 6 rings (SSSR count). The normalized spacial score (nSPS) is 23.3. The molecule has 2 saturated carbocycles. The van der Waals surface area contributed by atoms with Crippen LogP contribution in [0.15, 0.2) is 30.5 Å². The minimum absolute atomic E-state index is 0.256. The first-order valence-corrected chi connectivity index (χ1v) is 15.8. The van der Waals surface area contributed by atoms with E-state index in [0.717, 1.165) is 80.6 Å². The van der Waals surface area contributed by atoms with Gasteiger partial charge in [0.2, 0.25) is 5.82 Å². The summed E-state index contributed by atoms with van der Waals surface area (Å²) in [5.41, 5.74) is 1.96. The number of nitriles is 1. The van der Waals surface area contributed by atoms with Gasteiger partial charge in [0.05, 0.1) is 28.8 Å². The fourth-order valence-electron chi connectivity index (χ4n) is 6.29. The molecule has 1 atom stereocenters. The van der Waals surface area contributed by atoms with Gasteiger partial charge in [0.25, 0.3) is 0 Å². The van der Waals surface area contributed by atoms with Crippen molar-refractivity contribution >= 4 is 17.4 Å². The van der Waals surface area contributed by atoms with E-state index >= 15 is 0 Å². The number of anilines is 1. The van der Waals surface area contributed by atoms with Gasteiger partial charge in [0.1, 0.15) is 11.4 Å². The summed E-state index contributed by atoms with van der Waals surface area (Å²) < 4.78 is 11.7. The average molecular weight is 606 g/mol. The van der Waals surface area contributed by atoms with Crippen LogP contribution in [0.3, 0.4) is 0 Å².